The van der Waals surface area contributed by atoms with Gasteiger partial charge in [0.15, 0.2) is 0 Å². The van der Waals surface area contributed by atoms with E-state index in [1.165, 1.54) is 17.8 Å². The summed E-state index contributed by atoms with van der Waals surface area (Å²) < 4.78 is 13.3. The van der Waals surface area contributed by atoms with Crippen molar-refractivity contribution in [3.8, 4) is 0 Å². The molecule has 0 aliphatic carbocycles. The van der Waals surface area contributed by atoms with Crippen LogP contribution in [-0.4, -0.2) is 41.5 Å². The second-order valence-corrected chi connectivity index (χ2v) is 5.97. The smallest absolute Gasteiger partial charge is 0.136 e. The van der Waals surface area contributed by atoms with Crippen LogP contribution in [0.4, 0.5) is 4.39 Å². The van der Waals surface area contributed by atoms with Crippen molar-refractivity contribution >= 4 is 11.8 Å². The van der Waals surface area contributed by atoms with Crippen molar-refractivity contribution in [1.29, 1.82) is 0 Å². The van der Waals surface area contributed by atoms with Crippen molar-refractivity contribution in [2.75, 3.05) is 25.9 Å². The van der Waals surface area contributed by atoms with Gasteiger partial charge in [-0.05, 0) is 33.0 Å². The highest BCUT2D eigenvalue weighted by Gasteiger charge is 2.15. The van der Waals surface area contributed by atoms with Gasteiger partial charge < -0.3 is 10.0 Å². The third-order valence-electron chi connectivity index (χ3n) is 2.22. The molecule has 0 saturated heterocycles. The summed E-state index contributed by atoms with van der Waals surface area (Å²) in [5, 5.41) is 9.64. The molecule has 0 aromatic heterocycles. The van der Waals surface area contributed by atoms with Crippen molar-refractivity contribution in [2.24, 2.45) is 0 Å². The lowest BCUT2D eigenvalue weighted by atomic mass is 10.1. The number of aliphatic hydroxyl groups is 1. The number of benzene rings is 1. The normalized spacial score (nSPS) is 12.1. The number of hydrogen-bond donors (Lipinski definition) is 1. The Bertz CT molecular complexity index is 352. The highest BCUT2D eigenvalue weighted by Crippen LogP contribution is 2.21. The summed E-state index contributed by atoms with van der Waals surface area (Å²) in [7, 11) is 1.96. The molecule has 0 fully saturated rings. The molecule has 4 heteroatoms. The van der Waals surface area contributed by atoms with Crippen molar-refractivity contribution in [1.82, 2.24) is 4.90 Å². The van der Waals surface area contributed by atoms with Gasteiger partial charge in [-0.15, -0.1) is 11.8 Å². The largest absolute Gasteiger partial charge is 0.389 e. The van der Waals surface area contributed by atoms with E-state index < -0.39 is 5.60 Å². The number of thioether (sulfide) groups is 1. The monoisotopic (exact) mass is 257 g/mol. The van der Waals surface area contributed by atoms with E-state index >= 15 is 0 Å². The van der Waals surface area contributed by atoms with Gasteiger partial charge in [-0.25, -0.2) is 4.39 Å². The van der Waals surface area contributed by atoms with Crippen LogP contribution < -0.4 is 0 Å². The quantitative estimate of drug-likeness (QED) is 0.793. The molecule has 2 nitrogen and oxygen atoms in total. The molecule has 1 aromatic carbocycles. The molecule has 17 heavy (non-hydrogen) atoms. The Labute approximate surface area is 107 Å². The Morgan fingerprint density at radius 2 is 2.00 bits per heavy atom. The first kappa shape index (κ1) is 14.5. The van der Waals surface area contributed by atoms with Crippen LogP contribution >= 0.6 is 11.8 Å². The molecule has 0 atom stereocenters. The summed E-state index contributed by atoms with van der Waals surface area (Å²) in [6, 6.07) is 6.80. The van der Waals surface area contributed by atoms with E-state index in [-0.39, 0.29) is 5.82 Å². The van der Waals surface area contributed by atoms with Gasteiger partial charge in [-0.1, -0.05) is 12.1 Å². The summed E-state index contributed by atoms with van der Waals surface area (Å²) in [6.07, 6.45) is 0. The zero-order valence-electron chi connectivity index (χ0n) is 10.6. The number of likely N-dealkylation sites (N-methyl/N-ethyl adjacent to an activating group) is 1. The van der Waals surface area contributed by atoms with E-state index in [4.69, 9.17) is 0 Å². The molecule has 1 rings (SSSR count). The molecule has 0 heterocycles. The van der Waals surface area contributed by atoms with Crippen LogP contribution in [0.2, 0.25) is 0 Å². The highest BCUT2D eigenvalue weighted by atomic mass is 32.2. The molecule has 0 spiro atoms. The van der Waals surface area contributed by atoms with Crippen LogP contribution in [0.3, 0.4) is 0 Å². The van der Waals surface area contributed by atoms with Crippen molar-refractivity contribution in [2.45, 2.75) is 24.3 Å². The maximum atomic E-state index is 13.3. The zero-order chi connectivity index (χ0) is 12.9. The second-order valence-electron chi connectivity index (χ2n) is 4.83. The van der Waals surface area contributed by atoms with Crippen molar-refractivity contribution < 1.29 is 9.50 Å². The van der Waals surface area contributed by atoms with Crippen LogP contribution in [-0.2, 0) is 0 Å². The van der Waals surface area contributed by atoms with Gasteiger partial charge in [0.2, 0.25) is 0 Å². The molecular formula is C13H20FNOS. The number of nitrogens with zero attached hydrogens (tertiary/aromatic N) is 1. The molecule has 0 aliphatic heterocycles. The third-order valence-corrected chi connectivity index (χ3v) is 3.25. The number of hydrogen-bond acceptors (Lipinski definition) is 3. The Hall–Kier alpha value is -0.580. The van der Waals surface area contributed by atoms with E-state index in [1.54, 1.807) is 26.0 Å². The first-order valence-electron chi connectivity index (χ1n) is 5.67. The number of rotatable bonds is 6. The Kier molecular flexibility index (Phi) is 5.43. The average Bonchev–Trinajstić information content (AvgIpc) is 2.18. The maximum absolute atomic E-state index is 13.3. The van der Waals surface area contributed by atoms with Crippen LogP contribution in [0.1, 0.15) is 13.8 Å². The first-order chi connectivity index (χ1) is 7.88. The minimum Gasteiger partial charge on any atom is -0.389 e. The average molecular weight is 257 g/mol. The molecule has 96 valence electrons. The van der Waals surface area contributed by atoms with E-state index in [2.05, 4.69) is 0 Å². The fraction of sp³-hybridized carbons (Fsp3) is 0.538. The van der Waals surface area contributed by atoms with Gasteiger partial charge >= 0.3 is 0 Å². The molecule has 0 saturated carbocycles. The minimum atomic E-state index is -0.683. The summed E-state index contributed by atoms with van der Waals surface area (Å²) in [6.45, 7) is 5.01. The van der Waals surface area contributed by atoms with E-state index in [0.29, 0.717) is 11.4 Å². The SMILES string of the molecule is CN(CCSc1ccccc1F)CC(C)(C)O. The lowest BCUT2D eigenvalue weighted by Crippen LogP contribution is -2.37. The Morgan fingerprint density at radius 3 is 2.59 bits per heavy atom. The zero-order valence-corrected chi connectivity index (χ0v) is 11.4. The lowest BCUT2D eigenvalue weighted by Gasteiger charge is -2.25. The predicted molar refractivity (Wildman–Crippen MR) is 70.9 cm³/mol. The molecule has 0 radical (unpaired) electrons. The second kappa shape index (κ2) is 6.38. The Morgan fingerprint density at radius 1 is 1.35 bits per heavy atom. The Balaban J connectivity index is 2.31. The fourth-order valence-corrected chi connectivity index (χ4v) is 2.62. The van der Waals surface area contributed by atoms with E-state index in [1.807, 2.05) is 18.0 Å². The third kappa shape index (κ3) is 6.05. The lowest BCUT2D eigenvalue weighted by molar-refractivity contribution is 0.0465. The van der Waals surface area contributed by atoms with Gasteiger partial charge in [0, 0.05) is 23.7 Å². The first-order valence-corrected chi connectivity index (χ1v) is 6.65. The molecule has 1 N–H and O–H groups in total. The van der Waals surface area contributed by atoms with Gasteiger partial charge in [-0.3, -0.25) is 0 Å². The van der Waals surface area contributed by atoms with Crippen LogP contribution in [0.25, 0.3) is 0 Å². The van der Waals surface area contributed by atoms with E-state index in [9.17, 15) is 9.50 Å². The summed E-state index contributed by atoms with van der Waals surface area (Å²) in [5.41, 5.74) is -0.683. The van der Waals surface area contributed by atoms with Gasteiger partial charge in [0.05, 0.1) is 5.60 Å². The summed E-state index contributed by atoms with van der Waals surface area (Å²) >= 11 is 1.50. The van der Waals surface area contributed by atoms with Crippen molar-refractivity contribution in [3.63, 3.8) is 0 Å². The van der Waals surface area contributed by atoms with Crippen LogP contribution in [0.15, 0.2) is 29.2 Å². The van der Waals surface area contributed by atoms with Crippen LogP contribution in [0, 0.1) is 5.82 Å². The molecular weight excluding hydrogens is 237 g/mol. The van der Waals surface area contributed by atoms with E-state index in [0.717, 1.165) is 12.3 Å². The topological polar surface area (TPSA) is 23.5 Å². The predicted octanol–water partition coefficient (Wildman–Crippen LogP) is 2.62. The molecule has 0 aliphatic rings. The van der Waals surface area contributed by atoms with Crippen LogP contribution in [0.5, 0.6) is 0 Å². The van der Waals surface area contributed by atoms with Gasteiger partial charge in [0.1, 0.15) is 5.82 Å². The standard InChI is InChI=1S/C13H20FNOS/c1-13(2,16)10-15(3)8-9-17-12-7-5-4-6-11(12)14/h4-7,16H,8-10H2,1-3H3. The molecule has 0 amide bonds. The fourth-order valence-electron chi connectivity index (χ4n) is 1.61. The van der Waals surface area contributed by atoms with Crippen molar-refractivity contribution in [3.05, 3.63) is 30.1 Å². The molecule has 0 bridgehead atoms. The molecule has 0 unspecified atom stereocenters. The minimum absolute atomic E-state index is 0.164. The summed E-state index contributed by atoms with van der Waals surface area (Å²) in [5.74, 6) is 0.649. The highest BCUT2D eigenvalue weighted by molar-refractivity contribution is 7.99. The maximum Gasteiger partial charge on any atom is 0.136 e. The number of halogens is 1. The van der Waals surface area contributed by atoms with Gasteiger partial charge in [-0.2, -0.15) is 0 Å². The van der Waals surface area contributed by atoms with Gasteiger partial charge in [0.25, 0.3) is 0 Å². The molecule has 1 aromatic rings. The summed E-state index contributed by atoms with van der Waals surface area (Å²) in [4.78, 5) is 2.73.